The molecule has 0 spiro atoms. The van der Waals surface area contributed by atoms with Crippen LogP contribution in [0.2, 0.25) is 0 Å². The molecule has 1 atom stereocenters. The maximum absolute atomic E-state index is 12.0. The van der Waals surface area contributed by atoms with Crippen LogP contribution in [0.3, 0.4) is 0 Å². The summed E-state index contributed by atoms with van der Waals surface area (Å²) in [5.41, 5.74) is 5.55. The Labute approximate surface area is 168 Å². The number of fused-ring (bicyclic) bond motifs is 2. The number of hydrogen-bond donors (Lipinski definition) is 1. The zero-order valence-electron chi connectivity index (χ0n) is 16.9. The highest BCUT2D eigenvalue weighted by atomic mass is 16.6. The van der Waals surface area contributed by atoms with Crippen LogP contribution in [0.25, 0.3) is 11.2 Å². The van der Waals surface area contributed by atoms with E-state index in [-0.39, 0.29) is 34.7 Å². The Bertz CT molecular complexity index is 953. The van der Waals surface area contributed by atoms with Crippen LogP contribution < -0.4 is 10.5 Å². The first kappa shape index (κ1) is 20.4. The number of hydrogen-bond acceptors (Lipinski definition) is 9. The molecule has 1 saturated heterocycles. The van der Waals surface area contributed by atoms with Crippen molar-refractivity contribution < 1.29 is 19.1 Å². The van der Waals surface area contributed by atoms with Gasteiger partial charge in [0.2, 0.25) is 17.7 Å². The van der Waals surface area contributed by atoms with Gasteiger partial charge in [0.15, 0.2) is 16.9 Å². The van der Waals surface area contributed by atoms with Gasteiger partial charge in [0.25, 0.3) is 0 Å². The molecule has 154 valence electrons. The number of nitrogens with zero attached hydrogens (tertiary/aromatic N) is 5. The molecule has 0 radical (unpaired) electrons. The second-order valence-corrected chi connectivity index (χ2v) is 7.46. The van der Waals surface area contributed by atoms with Crippen LogP contribution >= 0.6 is 0 Å². The van der Waals surface area contributed by atoms with Gasteiger partial charge in [0.05, 0.1) is 12.8 Å². The van der Waals surface area contributed by atoms with Crippen LogP contribution in [0.4, 0.5) is 5.95 Å². The van der Waals surface area contributed by atoms with Gasteiger partial charge >= 0.3 is 5.97 Å². The molecule has 10 heteroatoms. The van der Waals surface area contributed by atoms with Gasteiger partial charge in [-0.1, -0.05) is 12.2 Å². The third-order valence-corrected chi connectivity index (χ3v) is 3.99. The fraction of sp³-hybridized carbons (Fsp3) is 0.474. The van der Waals surface area contributed by atoms with E-state index >= 15 is 0 Å². The molecule has 2 N–H and O–H groups in total. The van der Waals surface area contributed by atoms with E-state index in [1.807, 2.05) is 11.0 Å². The number of anilines is 1. The highest BCUT2D eigenvalue weighted by Crippen LogP contribution is 2.26. The topological polar surface area (TPSA) is 133 Å². The summed E-state index contributed by atoms with van der Waals surface area (Å²) >= 11 is 0. The van der Waals surface area contributed by atoms with E-state index in [2.05, 4.69) is 26.0 Å². The molecule has 0 aliphatic carbocycles. The van der Waals surface area contributed by atoms with E-state index in [0.29, 0.717) is 12.5 Å². The minimum Gasteiger partial charge on any atom is -0.476 e. The highest BCUT2D eigenvalue weighted by molar-refractivity contribution is 5.97. The molecule has 0 bridgehead atoms. The lowest BCUT2D eigenvalue weighted by Crippen LogP contribution is -2.24. The first-order valence-corrected chi connectivity index (χ1v) is 9.31. The van der Waals surface area contributed by atoms with Crippen molar-refractivity contribution in [2.75, 3.05) is 18.9 Å². The second kappa shape index (κ2) is 7.98. The summed E-state index contributed by atoms with van der Waals surface area (Å²) < 4.78 is 10.6. The zero-order chi connectivity index (χ0) is 21.2. The number of nitrogens with two attached hydrogens (primary N) is 1. The maximum Gasteiger partial charge on any atom is 0.359 e. The summed E-state index contributed by atoms with van der Waals surface area (Å²) in [5, 5.41) is 0. The molecule has 4 rings (SSSR count). The van der Waals surface area contributed by atoms with E-state index < -0.39 is 11.6 Å². The van der Waals surface area contributed by atoms with Crippen LogP contribution in [-0.4, -0.2) is 61.5 Å². The lowest BCUT2D eigenvalue weighted by molar-refractivity contribution is -0.113. The van der Waals surface area contributed by atoms with Crippen molar-refractivity contribution in [3.63, 3.8) is 0 Å². The lowest BCUT2D eigenvalue weighted by atomic mass is 10.2. The number of aromatic nitrogens is 4. The highest BCUT2D eigenvalue weighted by Gasteiger charge is 2.44. The Balaban J connectivity index is 0.000000246. The van der Waals surface area contributed by atoms with Crippen LogP contribution in [-0.2, 0) is 9.53 Å². The zero-order valence-corrected chi connectivity index (χ0v) is 16.9. The number of esters is 1. The van der Waals surface area contributed by atoms with E-state index in [9.17, 15) is 9.59 Å². The Hall–Kier alpha value is -3.30. The van der Waals surface area contributed by atoms with Crippen LogP contribution in [0.1, 0.15) is 44.6 Å². The monoisotopic (exact) mass is 400 g/mol. The van der Waals surface area contributed by atoms with Crippen molar-refractivity contribution in [1.82, 2.24) is 24.8 Å². The van der Waals surface area contributed by atoms with E-state index in [0.717, 1.165) is 13.0 Å². The molecule has 1 amide bonds. The summed E-state index contributed by atoms with van der Waals surface area (Å²) in [7, 11) is 0. The molecular weight excluding hydrogens is 376 g/mol. The van der Waals surface area contributed by atoms with Gasteiger partial charge < -0.3 is 20.1 Å². The normalized spacial score (nSPS) is 17.3. The standard InChI is InChI=1S/C13H17N5O3.C6H7NO/c1-5-20-10-8-9(17-12(14)18-10)15-6-7(16-8)11(19)21-13(2,3)4;8-6-5-3-1-2-4-7(5)6/h6H,5H2,1-4H3,(H2,14,15,17,18);1-2,5H,3-4H2. The molecule has 2 aromatic rings. The minimum absolute atomic E-state index is 0.0327. The molecule has 10 nitrogen and oxygen atoms in total. The molecule has 1 fully saturated rings. The van der Waals surface area contributed by atoms with Gasteiger partial charge in [0, 0.05) is 6.54 Å². The average molecular weight is 400 g/mol. The molecule has 2 aromatic heterocycles. The Morgan fingerprint density at radius 2 is 2.03 bits per heavy atom. The van der Waals surface area contributed by atoms with Crippen molar-refractivity contribution in [2.45, 2.75) is 45.8 Å². The number of nitrogen functional groups attached to an aromatic ring is 1. The van der Waals surface area contributed by atoms with Crippen molar-refractivity contribution in [1.29, 1.82) is 0 Å². The van der Waals surface area contributed by atoms with Crippen molar-refractivity contribution in [3.05, 3.63) is 24.0 Å². The summed E-state index contributed by atoms with van der Waals surface area (Å²) in [6.07, 6.45) is 6.35. The number of amides is 1. The molecule has 2 aliphatic heterocycles. The Morgan fingerprint density at radius 1 is 1.28 bits per heavy atom. The van der Waals surface area contributed by atoms with Gasteiger partial charge in [0.1, 0.15) is 11.6 Å². The SMILES string of the molecule is CCOc1nc(N)nc2ncc(C(=O)OC(C)(C)C)nc12.O=C1C2CC=CCN12. The van der Waals surface area contributed by atoms with Gasteiger partial charge in [-0.25, -0.2) is 14.8 Å². The number of carbonyl (C=O) groups excluding carboxylic acids is 2. The van der Waals surface area contributed by atoms with Gasteiger partial charge in [-0.15, -0.1) is 0 Å². The minimum atomic E-state index is -0.617. The third-order valence-electron chi connectivity index (χ3n) is 3.99. The molecule has 2 aliphatic rings. The predicted octanol–water partition coefficient (Wildman–Crippen LogP) is 1.51. The van der Waals surface area contributed by atoms with Crippen LogP contribution in [0, 0.1) is 0 Å². The Morgan fingerprint density at radius 3 is 2.62 bits per heavy atom. The predicted molar refractivity (Wildman–Crippen MR) is 105 cm³/mol. The van der Waals surface area contributed by atoms with Gasteiger partial charge in [-0.05, 0) is 34.1 Å². The van der Waals surface area contributed by atoms with E-state index in [4.69, 9.17) is 15.2 Å². The maximum atomic E-state index is 12.0. The number of carbonyl (C=O) groups is 2. The van der Waals surface area contributed by atoms with Gasteiger partial charge in [-0.2, -0.15) is 9.97 Å². The first-order chi connectivity index (χ1) is 13.7. The van der Waals surface area contributed by atoms with Crippen LogP contribution in [0.5, 0.6) is 5.88 Å². The Kier molecular flexibility index (Phi) is 5.62. The summed E-state index contributed by atoms with van der Waals surface area (Å²) in [4.78, 5) is 40.6. The van der Waals surface area contributed by atoms with E-state index in [1.165, 1.54) is 6.20 Å². The molecule has 0 saturated carbocycles. The van der Waals surface area contributed by atoms with Crippen molar-refractivity contribution in [2.24, 2.45) is 0 Å². The lowest BCUT2D eigenvalue weighted by Gasteiger charge is -2.19. The van der Waals surface area contributed by atoms with Crippen molar-refractivity contribution >= 4 is 29.0 Å². The average Bonchev–Trinajstić information content (AvgIpc) is 3.31. The molecule has 29 heavy (non-hydrogen) atoms. The molecule has 1 unspecified atom stereocenters. The largest absolute Gasteiger partial charge is 0.476 e. The summed E-state index contributed by atoms with van der Waals surface area (Å²) in [6.45, 7) is 8.35. The first-order valence-electron chi connectivity index (χ1n) is 9.31. The number of rotatable bonds is 3. The summed E-state index contributed by atoms with van der Waals surface area (Å²) in [5.74, 6) is -0.0191. The van der Waals surface area contributed by atoms with Crippen molar-refractivity contribution in [3.8, 4) is 5.88 Å². The molecule has 4 heterocycles. The smallest absolute Gasteiger partial charge is 0.359 e. The fourth-order valence-electron chi connectivity index (χ4n) is 2.68. The quantitative estimate of drug-likeness (QED) is 0.462. The third kappa shape index (κ3) is 4.95. The fourth-order valence-corrected chi connectivity index (χ4v) is 2.68. The molecular formula is C19H24N6O4. The van der Waals surface area contributed by atoms with Crippen LogP contribution in [0.15, 0.2) is 18.3 Å². The van der Waals surface area contributed by atoms with E-state index in [1.54, 1.807) is 27.7 Å². The molecule has 0 aromatic carbocycles. The second-order valence-electron chi connectivity index (χ2n) is 7.46. The summed E-state index contributed by atoms with van der Waals surface area (Å²) in [6, 6.07) is 0.278. The number of ether oxygens (including phenoxy) is 2. The van der Waals surface area contributed by atoms with Gasteiger partial charge in [-0.3, -0.25) is 4.79 Å².